The minimum absolute atomic E-state index is 0.404. The molecule has 1 aromatic carbocycles. The number of nitrogens with zero attached hydrogens (tertiary/aromatic N) is 1. The normalized spacial score (nSPS) is 10.3. The van der Waals surface area contributed by atoms with Gasteiger partial charge in [-0.15, -0.1) is 0 Å². The number of benzene rings is 1. The summed E-state index contributed by atoms with van der Waals surface area (Å²) in [6.45, 7) is 3.63. The van der Waals surface area contributed by atoms with Crippen LogP contribution in [-0.4, -0.2) is 10.9 Å². The third-order valence-electron chi connectivity index (χ3n) is 2.84. The standard InChI is InChI=1S/C14H15ClN4O/c1-8-7-12(13(14(16)20)9(2)17-8)19-18-11-5-3-10(15)4-6-11/h3-7,18H,1-2H3,(H2,16,20)(H,17,19)/p+1. The molecule has 5 nitrogen and oxygen atoms in total. The van der Waals surface area contributed by atoms with Crippen molar-refractivity contribution in [3.8, 4) is 0 Å². The van der Waals surface area contributed by atoms with Crippen LogP contribution < -0.4 is 16.6 Å². The van der Waals surface area contributed by atoms with Crippen LogP contribution in [0.3, 0.4) is 0 Å². The minimum Gasteiger partial charge on any atom is -0.365 e. The Labute approximate surface area is 122 Å². The first-order valence-electron chi connectivity index (χ1n) is 6.11. The molecule has 1 amide bonds. The van der Waals surface area contributed by atoms with Gasteiger partial charge >= 0.3 is 0 Å². The summed E-state index contributed by atoms with van der Waals surface area (Å²) in [6.07, 6.45) is 0. The van der Waals surface area contributed by atoms with Crippen molar-refractivity contribution >= 4 is 28.9 Å². The summed E-state index contributed by atoms with van der Waals surface area (Å²) in [4.78, 5) is 15.8. The first-order chi connectivity index (χ1) is 9.47. The number of hydrogen-bond acceptors (Lipinski definition) is 3. The molecule has 5 N–H and O–H groups in total. The van der Waals surface area contributed by atoms with Crippen molar-refractivity contribution in [2.75, 3.05) is 5.43 Å². The van der Waals surface area contributed by atoms with E-state index in [1.807, 2.05) is 19.1 Å². The Hall–Kier alpha value is -2.11. The van der Waals surface area contributed by atoms with Gasteiger partial charge in [0, 0.05) is 22.8 Å². The molecule has 0 spiro atoms. The number of aromatic nitrogens is 1. The Morgan fingerprint density at radius 2 is 1.95 bits per heavy atom. The maximum atomic E-state index is 11.5. The van der Waals surface area contributed by atoms with E-state index in [2.05, 4.69) is 10.4 Å². The topological polar surface area (TPSA) is 84.6 Å². The van der Waals surface area contributed by atoms with Gasteiger partial charge in [-0.05, 0) is 32.0 Å². The van der Waals surface area contributed by atoms with Gasteiger partial charge in [-0.25, -0.2) is 10.9 Å². The smallest absolute Gasteiger partial charge is 0.252 e. The molecule has 1 heterocycles. The number of primary amides is 1. The van der Waals surface area contributed by atoms with Crippen molar-refractivity contribution in [2.24, 2.45) is 5.73 Å². The van der Waals surface area contributed by atoms with Crippen LogP contribution in [0.15, 0.2) is 30.3 Å². The van der Waals surface area contributed by atoms with Crippen LogP contribution >= 0.6 is 11.6 Å². The number of nitrogen functional groups attached to an aromatic ring is 1. The molecule has 0 aliphatic heterocycles. The Morgan fingerprint density at radius 1 is 1.30 bits per heavy atom. The molecule has 0 fully saturated rings. The second-order valence-corrected chi connectivity index (χ2v) is 4.91. The molecule has 20 heavy (non-hydrogen) atoms. The largest absolute Gasteiger partial charge is 0.365 e. The fourth-order valence-corrected chi connectivity index (χ4v) is 2.10. The number of amides is 1. The lowest BCUT2D eigenvalue weighted by molar-refractivity contribution is -0.538. The number of nitrogens with one attached hydrogen (secondary N) is 1. The van der Waals surface area contributed by atoms with Crippen molar-refractivity contribution in [1.29, 1.82) is 0 Å². The van der Waals surface area contributed by atoms with Gasteiger partial charge in [0.2, 0.25) is 0 Å². The van der Waals surface area contributed by atoms with E-state index in [0.717, 1.165) is 11.4 Å². The van der Waals surface area contributed by atoms with Gasteiger partial charge in [-0.3, -0.25) is 9.78 Å². The second-order valence-electron chi connectivity index (χ2n) is 4.48. The van der Waals surface area contributed by atoms with Crippen LogP contribution in [0, 0.1) is 13.8 Å². The molecule has 0 aliphatic rings. The van der Waals surface area contributed by atoms with Crippen LogP contribution in [-0.2, 0) is 0 Å². The van der Waals surface area contributed by atoms with Gasteiger partial charge in [0.05, 0.1) is 11.3 Å². The fraction of sp³-hybridized carbons (Fsp3) is 0.143. The molecule has 6 heteroatoms. The monoisotopic (exact) mass is 291 g/mol. The summed E-state index contributed by atoms with van der Waals surface area (Å²) in [6, 6.07) is 9.14. The van der Waals surface area contributed by atoms with Crippen LogP contribution in [0.5, 0.6) is 0 Å². The van der Waals surface area contributed by atoms with Gasteiger partial charge in [0.25, 0.3) is 5.91 Å². The molecule has 104 valence electrons. The number of hydrogen-bond donors (Lipinski definition) is 3. The molecule has 0 saturated heterocycles. The molecule has 0 unspecified atom stereocenters. The van der Waals surface area contributed by atoms with Gasteiger partial charge in [0.15, 0.2) is 5.69 Å². The first kappa shape index (κ1) is 14.3. The summed E-state index contributed by atoms with van der Waals surface area (Å²) in [5, 5.41) is 0.676. The van der Waals surface area contributed by atoms with Crippen LogP contribution in [0.25, 0.3) is 0 Å². The number of rotatable bonds is 4. The zero-order valence-electron chi connectivity index (χ0n) is 11.3. The maximum Gasteiger partial charge on any atom is 0.252 e. The van der Waals surface area contributed by atoms with E-state index in [0.29, 0.717) is 22.0 Å². The van der Waals surface area contributed by atoms with Gasteiger partial charge in [0.1, 0.15) is 5.69 Å². The van der Waals surface area contributed by atoms with E-state index in [4.69, 9.17) is 17.3 Å². The summed E-state index contributed by atoms with van der Waals surface area (Å²) in [5.74, 6) is -0.498. The SMILES string of the molecule is Cc1cc(N[NH2+]c2ccc(Cl)cc2)c(C(N)=O)c(C)n1. The molecule has 0 bridgehead atoms. The minimum atomic E-state index is -0.498. The van der Waals surface area contributed by atoms with E-state index in [-0.39, 0.29) is 0 Å². The molecule has 1 aromatic heterocycles. The number of carbonyl (C=O) groups excluding carboxylic acids is 1. The van der Waals surface area contributed by atoms with Gasteiger partial charge in [-0.2, -0.15) is 0 Å². The molecular formula is C14H16ClN4O+. The van der Waals surface area contributed by atoms with E-state index >= 15 is 0 Å². The zero-order valence-corrected chi connectivity index (χ0v) is 12.0. The Bertz CT molecular complexity index is 640. The number of quaternary nitrogens is 1. The molecule has 2 aromatic rings. The highest BCUT2D eigenvalue weighted by Gasteiger charge is 2.14. The van der Waals surface area contributed by atoms with Gasteiger partial charge < -0.3 is 5.73 Å². The van der Waals surface area contributed by atoms with Crippen molar-refractivity contribution < 1.29 is 10.2 Å². The third kappa shape index (κ3) is 3.26. The van der Waals surface area contributed by atoms with Gasteiger partial charge in [-0.1, -0.05) is 11.6 Å². The van der Waals surface area contributed by atoms with E-state index in [1.165, 1.54) is 0 Å². The van der Waals surface area contributed by atoms with Crippen LogP contribution in [0.4, 0.5) is 11.4 Å². The van der Waals surface area contributed by atoms with E-state index in [1.54, 1.807) is 30.5 Å². The lowest BCUT2D eigenvalue weighted by Crippen LogP contribution is -2.82. The Balaban J connectivity index is 2.24. The van der Waals surface area contributed by atoms with E-state index in [9.17, 15) is 4.79 Å². The lowest BCUT2D eigenvalue weighted by atomic mass is 10.1. The third-order valence-corrected chi connectivity index (χ3v) is 3.09. The Kier molecular flexibility index (Phi) is 4.22. The fourth-order valence-electron chi connectivity index (χ4n) is 1.97. The molecule has 0 radical (unpaired) electrons. The van der Waals surface area contributed by atoms with Crippen molar-refractivity contribution in [3.05, 3.63) is 52.3 Å². The molecule has 0 atom stereocenters. The number of halogens is 1. The summed E-state index contributed by atoms with van der Waals surface area (Å²) in [5.41, 5.74) is 13.7. The second kappa shape index (κ2) is 5.90. The predicted molar refractivity (Wildman–Crippen MR) is 78.9 cm³/mol. The molecule has 2 rings (SSSR count). The lowest BCUT2D eigenvalue weighted by Gasteiger charge is -2.11. The highest BCUT2D eigenvalue weighted by atomic mass is 35.5. The average Bonchev–Trinajstić information content (AvgIpc) is 2.36. The molecular weight excluding hydrogens is 276 g/mol. The average molecular weight is 292 g/mol. The number of pyridine rings is 1. The quantitative estimate of drug-likeness (QED) is 0.455. The summed E-state index contributed by atoms with van der Waals surface area (Å²) < 4.78 is 0. The summed E-state index contributed by atoms with van der Waals surface area (Å²) >= 11 is 5.83. The molecule has 0 aliphatic carbocycles. The van der Waals surface area contributed by atoms with Crippen LogP contribution in [0.1, 0.15) is 21.7 Å². The van der Waals surface area contributed by atoms with Crippen LogP contribution in [0.2, 0.25) is 5.02 Å². The highest BCUT2D eigenvalue weighted by Crippen LogP contribution is 2.18. The predicted octanol–water partition coefficient (Wildman–Crippen LogP) is 1.67. The van der Waals surface area contributed by atoms with Crippen molar-refractivity contribution in [1.82, 2.24) is 4.98 Å². The molecule has 0 saturated carbocycles. The first-order valence-corrected chi connectivity index (χ1v) is 6.48. The number of aryl methyl sites for hydroxylation is 2. The van der Waals surface area contributed by atoms with Crippen molar-refractivity contribution in [3.63, 3.8) is 0 Å². The van der Waals surface area contributed by atoms with Crippen molar-refractivity contribution in [2.45, 2.75) is 13.8 Å². The highest BCUT2D eigenvalue weighted by molar-refractivity contribution is 6.30. The maximum absolute atomic E-state index is 11.5. The Morgan fingerprint density at radius 3 is 2.55 bits per heavy atom. The number of anilines is 1. The number of nitrogens with two attached hydrogens (primary N) is 2. The summed E-state index contributed by atoms with van der Waals surface area (Å²) in [7, 11) is 0. The van der Waals surface area contributed by atoms with E-state index < -0.39 is 5.91 Å². The number of carbonyl (C=O) groups is 1. The zero-order chi connectivity index (χ0) is 14.7.